The molecule has 29 heavy (non-hydrogen) atoms. The molecule has 0 bridgehead atoms. The molecule has 0 aliphatic carbocycles. The summed E-state index contributed by atoms with van der Waals surface area (Å²) in [6.45, 7) is 1.02. The summed E-state index contributed by atoms with van der Waals surface area (Å²) < 4.78 is 5.04. The van der Waals surface area contributed by atoms with Gasteiger partial charge in [-0.25, -0.2) is 5.43 Å². The Labute approximate surface area is 173 Å². The van der Waals surface area contributed by atoms with Crippen LogP contribution in [0.2, 0.25) is 5.02 Å². The normalized spacial score (nSPS) is 14.8. The Balaban J connectivity index is 1.49. The SMILES string of the molecule is COc1cc(/C=N\NC(=O)C2CCN(C(=O)c3ccc(Cl)cc3)CC2)ccc1O. The Morgan fingerprint density at radius 3 is 2.55 bits per heavy atom. The number of benzene rings is 2. The topological polar surface area (TPSA) is 91.2 Å². The lowest BCUT2D eigenvalue weighted by molar-refractivity contribution is -0.126. The number of carbonyl (C=O) groups excluding carboxylic acids is 2. The third kappa shape index (κ3) is 5.26. The predicted molar refractivity (Wildman–Crippen MR) is 110 cm³/mol. The van der Waals surface area contributed by atoms with Gasteiger partial charge in [-0.05, 0) is 60.9 Å². The van der Waals surface area contributed by atoms with Gasteiger partial charge in [-0.3, -0.25) is 9.59 Å². The van der Waals surface area contributed by atoms with Crippen LogP contribution in [0.3, 0.4) is 0 Å². The van der Waals surface area contributed by atoms with Gasteiger partial charge in [-0.2, -0.15) is 5.10 Å². The van der Waals surface area contributed by atoms with E-state index in [1.807, 2.05) is 0 Å². The second kappa shape index (κ2) is 9.43. The van der Waals surface area contributed by atoms with E-state index >= 15 is 0 Å². The highest BCUT2D eigenvalue weighted by atomic mass is 35.5. The third-order valence-electron chi connectivity index (χ3n) is 4.84. The fourth-order valence-electron chi connectivity index (χ4n) is 3.16. The summed E-state index contributed by atoms with van der Waals surface area (Å²) in [5.74, 6) is -0.0622. The number of rotatable bonds is 5. The van der Waals surface area contributed by atoms with Gasteiger partial charge < -0.3 is 14.7 Å². The largest absolute Gasteiger partial charge is 0.504 e. The molecule has 3 rings (SSSR count). The number of phenolic OH excluding ortho intramolecular Hbond substituents is 1. The highest BCUT2D eigenvalue weighted by Gasteiger charge is 2.27. The average Bonchev–Trinajstić information content (AvgIpc) is 2.75. The van der Waals surface area contributed by atoms with Gasteiger partial charge in [-0.15, -0.1) is 0 Å². The van der Waals surface area contributed by atoms with E-state index in [2.05, 4.69) is 10.5 Å². The van der Waals surface area contributed by atoms with E-state index in [1.54, 1.807) is 41.3 Å². The van der Waals surface area contributed by atoms with Crippen molar-refractivity contribution >= 4 is 29.6 Å². The van der Waals surface area contributed by atoms with Gasteiger partial charge in [0.1, 0.15) is 0 Å². The summed E-state index contributed by atoms with van der Waals surface area (Å²) in [6, 6.07) is 11.6. The molecular weight excluding hydrogens is 394 g/mol. The van der Waals surface area contributed by atoms with Gasteiger partial charge in [-0.1, -0.05) is 11.6 Å². The van der Waals surface area contributed by atoms with Crippen molar-refractivity contribution in [2.24, 2.45) is 11.0 Å². The van der Waals surface area contributed by atoms with Crippen LogP contribution in [0.5, 0.6) is 11.5 Å². The standard InChI is InChI=1S/C21H22ClN3O4/c1-29-19-12-14(2-7-18(19)26)13-23-24-20(27)15-8-10-25(11-9-15)21(28)16-3-5-17(22)6-4-16/h2-7,12-13,15,26H,8-11H2,1H3,(H,24,27)/b23-13-. The zero-order valence-corrected chi connectivity index (χ0v) is 16.7. The van der Waals surface area contributed by atoms with Crippen molar-refractivity contribution < 1.29 is 19.4 Å². The number of nitrogens with zero attached hydrogens (tertiary/aromatic N) is 2. The van der Waals surface area contributed by atoms with Crippen LogP contribution in [0.1, 0.15) is 28.8 Å². The molecule has 0 aromatic heterocycles. The lowest BCUT2D eigenvalue weighted by Gasteiger charge is -2.31. The summed E-state index contributed by atoms with van der Waals surface area (Å²) in [4.78, 5) is 26.6. The number of ether oxygens (including phenoxy) is 1. The number of amides is 2. The zero-order valence-electron chi connectivity index (χ0n) is 16.0. The van der Waals surface area contributed by atoms with Crippen molar-refractivity contribution in [1.29, 1.82) is 0 Å². The molecule has 2 aromatic rings. The predicted octanol–water partition coefficient (Wildman–Crippen LogP) is 3.06. The number of likely N-dealkylation sites (tertiary alicyclic amines) is 1. The Hall–Kier alpha value is -3.06. The number of piperidine rings is 1. The first kappa shape index (κ1) is 20.7. The molecule has 0 spiro atoms. The maximum atomic E-state index is 12.5. The lowest BCUT2D eigenvalue weighted by atomic mass is 9.95. The van der Waals surface area contributed by atoms with E-state index in [4.69, 9.17) is 16.3 Å². The molecule has 1 aliphatic rings. The Morgan fingerprint density at radius 2 is 1.90 bits per heavy atom. The summed E-state index contributed by atoms with van der Waals surface area (Å²) >= 11 is 5.86. The fourth-order valence-corrected chi connectivity index (χ4v) is 3.28. The molecule has 2 N–H and O–H groups in total. The summed E-state index contributed by atoms with van der Waals surface area (Å²) in [5.41, 5.74) is 3.82. The molecule has 0 saturated carbocycles. The van der Waals surface area contributed by atoms with Crippen LogP contribution in [0, 0.1) is 5.92 Å². The maximum absolute atomic E-state index is 12.5. The number of methoxy groups -OCH3 is 1. The Morgan fingerprint density at radius 1 is 1.21 bits per heavy atom. The number of hydrogen-bond donors (Lipinski definition) is 2. The molecule has 152 valence electrons. The van der Waals surface area contributed by atoms with Crippen molar-refractivity contribution in [3.63, 3.8) is 0 Å². The number of nitrogens with one attached hydrogen (secondary N) is 1. The number of hydrazone groups is 1. The van der Waals surface area contributed by atoms with Crippen LogP contribution >= 0.6 is 11.6 Å². The van der Waals surface area contributed by atoms with Gasteiger partial charge in [0, 0.05) is 29.6 Å². The van der Waals surface area contributed by atoms with E-state index in [0.29, 0.717) is 47.8 Å². The first-order valence-electron chi connectivity index (χ1n) is 9.22. The number of hydrogen-bond acceptors (Lipinski definition) is 5. The molecule has 0 unspecified atom stereocenters. The van der Waals surface area contributed by atoms with Crippen LogP contribution < -0.4 is 10.2 Å². The van der Waals surface area contributed by atoms with Crippen LogP contribution in [0.25, 0.3) is 0 Å². The van der Waals surface area contributed by atoms with Crippen LogP contribution in [-0.2, 0) is 4.79 Å². The molecule has 1 saturated heterocycles. The number of carbonyl (C=O) groups is 2. The van der Waals surface area contributed by atoms with E-state index in [9.17, 15) is 14.7 Å². The molecule has 1 fully saturated rings. The molecule has 7 nitrogen and oxygen atoms in total. The quantitative estimate of drug-likeness (QED) is 0.580. The van der Waals surface area contributed by atoms with Crippen LogP contribution in [0.4, 0.5) is 0 Å². The minimum atomic E-state index is -0.198. The van der Waals surface area contributed by atoms with E-state index in [1.165, 1.54) is 19.4 Å². The van der Waals surface area contributed by atoms with Crippen LogP contribution in [0.15, 0.2) is 47.6 Å². The minimum absolute atomic E-state index is 0.0357. The zero-order chi connectivity index (χ0) is 20.8. The first-order valence-corrected chi connectivity index (χ1v) is 9.60. The lowest BCUT2D eigenvalue weighted by Crippen LogP contribution is -2.42. The minimum Gasteiger partial charge on any atom is -0.504 e. The number of halogens is 1. The Bertz CT molecular complexity index is 907. The van der Waals surface area contributed by atoms with E-state index in [0.717, 1.165) is 0 Å². The van der Waals surface area contributed by atoms with Crippen molar-refractivity contribution in [1.82, 2.24) is 10.3 Å². The van der Waals surface area contributed by atoms with Gasteiger partial charge >= 0.3 is 0 Å². The van der Waals surface area contributed by atoms with Crippen molar-refractivity contribution in [2.75, 3.05) is 20.2 Å². The molecule has 2 amide bonds. The third-order valence-corrected chi connectivity index (χ3v) is 5.09. The van der Waals surface area contributed by atoms with Gasteiger partial charge in [0.25, 0.3) is 5.91 Å². The first-order chi connectivity index (χ1) is 14.0. The van der Waals surface area contributed by atoms with Crippen LogP contribution in [-0.4, -0.2) is 48.2 Å². The highest BCUT2D eigenvalue weighted by molar-refractivity contribution is 6.30. The second-order valence-electron chi connectivity index (χ2n) is 6.74. The molecule has 1 heterocycles. The molecular formula is C21H22ClN3O4. The maximum Gasteiger partial charge on any atom is 0.253 e. The van der Waals surface area contributed by atoms with E-state index < -0.39 is 0 Å². The summed E-state index contributed by atoms with van der Waals surface area (Å²) in [5, 5.41) is 14.2. The molecule has 1 aliphatic heterocycles. The molecule has 0 atom stereocenters. The monoisotopic (exact) mass is 415 g/mol. The van der Waals surface area contributed by atoms with Crippen molar-refractivity contribution in [2.45, 2.75) is 12.8 Å². The van der Waals surface area contributed by atoms with Gasteiger partial charge in [0.05, 0.1) is 13.3 Å². The molecule has 2 aromatic carbocycles. The van der Waals surface area contributed by atoms with Gasteiger partial charge in [0.15, 0.2) is 11.5 Å². The number of phenols is 1. The van der Waals surface area contributed by atoms with E-state index in [-0.39, 0.29) is 23.5 Å². The summed E-state index contributed by atoms with van der Waals surface area (Å²) in [6.07, 6.45) is 2.64. The fraction of sp³-hybridized carbons (Fsp3) is 0.286. The highest BCUT2D eigenvalue weighted by Crippen LogP contribution is 2.25. The second-order valence-corrected chi connectivity index (χ2v) is 7.18. The van der Waals surface area contributed by atoms with Crippen molar-refractivity contribution in [3.05, 3.63) is 58.6 Å². The molecule has 8 heteroatoms. The van der Waals surface area contributed by atoms with Crippen molar-refractivity contribution in [3.8, 4) is 11.5 Å². The Kier molecular flexibility index (Phi) is 6.72. The number of aromatic hydroxyl groups is 1. The average molecular weight is 416 g/mol. The summed E-state index contributed by atoms with van der Waals surface area (Å²) in [7, 11) is 1.46. The smallest absolute Gasteiger partial charge is 0.253 e. The van der Waals surface area contributed by atoms with Gasteiger partial charge in [0.2, 0.25) is 5.91 Å². The molecule has 0 radical (unpaired) electrons.